The van der Waals surface area contributed by atoms with E-state index in [9.17, 15) is 5.26 Å². The summed E-state index contributed by atoms with van der Waals surface area (Å²) in [6, 6.07) is 59.6. The van der Waals surface area contributed by atoms with E-state index in [0.717, 1.165) is 34.0 Å². The van der Waals surface area contributed by atoms with E-state index in [4.69, 9.17) is 4.42 Å². The maximum absolute atomic E-state index is 9.61. The Balaban J connectivity index is 1.32. The Morgan fingerprint density at radius 2 is 1.23 bits per heavy atom. The van der Waals surface area contributed by atoms with Crippen LogP contribution < -0.4 is 20.7 Å². The van der Waals surface area contributed by atoms with Crippen LogP contribution in [0, 0.1) is 11.3 Å². The highest BCUT2D eigenvalue weighted by Gasteiger charge is 2.46. The van der Waals surface area contributed by atoms with Gasteiger partial charge in [0.15, 0.2) is 8.07 Å². The highest BCUT2D eigenvalue weighted by atomic mass is 28.3. The number of nitrogens with zero attached hydrogens (tertiary/aromatic N) is 2. The second kappa shape index (κ2) is 10.2. The molecule has 3 nitrogen and oxygen atoms in total. The van der Waals surface area contributed by atoms with Gasteiger partial charge in [0, 0.05) is 27.2 Å². The molecular formula is C44H28N2OSi. The number of benzene rings is 7. The summed E-state index contributed by atoms with van der Waals surface area (Å²) in [6.07, 6.45) is 0.883. The maximum atomic E-state index is 9.61. The Labute approximate surface area is 278 Å². The van der Waals surface area contributed by atoms with Crippen LogP contribution in [0.15, 0.2) is 162 Å². The minimum atomic E-state index is -2.67. The van der Waals surface area contributed by atoms with Crippen LogP contribution in [0.4, 0.5) is 0 Å². The molecule has 7 aromatic carbocycles. The van der Waals surface area contributed by atoms with Crippen LogP contribution in [0.3, 0.4) is 0 Å². The number of aromatic nitrogens is 1. The first kappa shape index (κ1) is 27.0. The van der Waals surface area contributed by atoms with E-state index in [0.29, 0.717) is 5.56 Å². The van der Waals surface area contributed by atoms with Crippen LogP contribution in [-0.4, -0.2) is 12.6 Å². The predicted molar refractivity (Wildman–Crippen MR) is 199 cm³/mol. The summed E-state index contributed by atoms with van der Waals surface area (Å²) < 4.78 is 8.61. The summed E-state index contributed by atoms with van der Waals surface area (Å²) in [6.45, 7) is 0. The molecule has 0 aliphatic carbocycles. The molecule has 48 heavy (non-hydrogen) atoms. The first-order valence-corrected chi connectivity index (χ1v) is 18.4. The predicted octanol–water partition coefficient (Wildman–Crippen LogP) is 7.84. The lowest BCUT2D eigenvalue weighted by Gasteiger charge is -2.40. The molecule has 10 rings (SSSR count). The van der Waals surface area contributed by atoms with Gasteiger partial charge in [0.2, 0.25) is 0 Å². The van der Waals surface area contributed by atoms with Crippen molar-refractivity contribution in [1.82, 2.24) is 4.57 Å². The van der Waals surface area contributed by atoms with Crippen molar-refractivity contribution in [3.63, 3.8) is 0 Å². The summed E-state index contributed by atoms with van der Waals surface area (Å²) in [7, 11) is -2.67. The van der Waals surface area contributed by atoms with E-state index in [1.54, 1.807) is 0 Å². The van der Waals surface area contributed by atoms with Crippen molar-refractivity contribution < 1.29 is 4.42 Å². The zero-order chi connectivity index (χ0) is 31.8. The lowest BCUT2D eigenvalue weighted by Crippen LogP contribution is -2.77. The third kappa shape index (κ3) is 3.62. The van der Waals surface area contributed by atoms with Crippen LogP contribution in [0.1, 0.15) is 16.7 Å². The molecule has 0 bridgehead atoms. The van der Waals surface area contributed by atoms with Crippen molar-refractivity contribution in [2.75, 3.05) is 0 Å². The Hall–Kier alpha value is -6.15. The SMILES string of the molecule is N#Cc1ccc2oc3ccc(-n4c5ccccc5c5c6c(ccc54)[Si](c4ccccc4)(c4ccccc4)c4ccccc4C6)cc3c2c1. The molecule has 0 N–H and O–H groups in total. The highest BCUT2D eigenvalue weighted by Crippen LogP contribution is 2.38. The van der Waals surface area contributed by atoms with E-state index < -0.39 is 8.07 Å². The zero-order valence-corrected chi connectivity index (χ0v) is 27.0. The summed E-state index contributed by atoms with van der Waals surface area (Å²) >= 11 is 0. The second-order valence-corrected chi connectivity index (χ2v) is 16.5. The third-order valence-electron chi connectivity index (χ3n) is 10.4. The molecule has 224 valence electrons. The molecule has 0 atom stereocenters. The first-order chi connectivity index (χ1) is 23.8. The molecule has 3 heterocycles. The van der Waals surface area contributed by atoms with Crippen molar-refractivity contribution in [2.24, 2.45) is 0 Å². The standard InChI is InChI=1S/C44H28N2OSi/c45-28-29-19-22-40-35(25-29)36-27-31(20-23-41(36)47-40)46-38-17-9-8-16-34(38)44-37-26-30-11-7-10-18-42(30)48(32-12-3-1-4-13-32,33-14-5-2-6-15-33)43(37)24-21-39(44)46/h1-25,27H,26H2. The monoisotopic (exact) mass is 628 g/mol. The van der Waals surface area contributed by atoms with Gasteiger partial charge in [-0.15, -0.1) is 0 Å². The van der Waals surface area contributed by atoms with Crippen molar-refractivity contribution in [3.05, 3.63) is 174 Å². The largest absolute Gasteiger partial charge is 0.456 e. The van der Waals surface area contributed by atoms with Gasteiger partial charge in [-0.05, 0) is 86.8 Å². The van der Waals surface area contributed by atoms with Gasteiger partial charge >= 0.3 is 0 Å². The minimum absolute atomic E-state index is 0.629. The van der Waals surface area contributed by atoms with Gasteiger partial charge in [0.05, 0.1) is 22.7 Å². The van der Waals surface area contributed by atoms with Crippen LogP contribution >= 0.6 is 0 Å². The van der Waals surface area contributed by atoms with Crippen molar-refractivity contribution >= 4 is 72.6 Å². The summed E-state index contributed by atoms with van der Waals surface area (Å²) in [4.78, 5) is 0. The molecule has 0 fully saturated rings. The second-order valence-electron chi connectivity index (χ2n) is 12.8. The molecule has 4 heteroatoms. The molecule has 0 unspecified atom stereocenters. The van der Waals surface area contributed by atoms with E-state index in [1.165, 1.54) is 53.7 Å². The molecule has 1 aliphatic heterocycles. The van der Waals surface area contributed by atoms with Gasteiger partial charge in [-0.25, -0.2) is 0 Å². The van der Waals surface area contributed by atoms with E-state index in [1.807, 2.05) is 18.2 Å². The van der Waals surface area contributed by atoms with Crippen molar-refractivity contribution in [2.45, 2.75) is 6.42 Å². The van der Waals surface area contributed by atoms with Gasteiger partial charge in [-0.2, -0.15) is 5.26 Å². The molecule has 0 amide bonds. The average molecular weight is 629 g/mol. The van der Waals surface area contributed by atoms with Gasteiger partial charge in [0.1, 0.15) is 11.2 Å². The molecule has 0 saturated carbocycles. The van der Waals surface area contributed by atoms with Gasteiger partial charge in [-0.3, -0.25) is 0 Å². The molecular weight excluding hydrogens is 601 g/mol. The summed E-state index contributed by atoms with van der Waals surface area (Å²) in [5.41, 5.74) is 8.52. The fourth-order valence-electron chi connectivity index (χ4n) is 8.46. The molecule has 0 radical (unpaired) electrons. The van der Waals surface area contributed by atoms with Gasteiger partial charge < -0.3 is 8.98 Å². The van der Waals surface area contributed by atoms with Crippen molar-refractivity contribution in [1.29, 1.82) is 5.26 Å². The minimum Gasteiger partial charge on any atom is -0.456 e. The molecule has 1 aliphatic rings. The van der Waals surface area contributed by atoms with Crippen LogP contribution in [0.5, 0.6) is 0 Å². The lowest BCUT2D eigenvalue weighted by atomic mass is 9.98. The zero-order valence-electron chi connectivity index (χ0n) is 26.0. The Morgan fingerprint density at radius 1 is 0.562 bits per heavy atom. The first-order valence-electron chi connectivity index (χ1n) is 16.4. The van der Waals surface area contributed by atoms with Crippen LogP contribution in [0.25, 0.3) is 49.4 Å². The maximum Gasteiger partial charge on any atom is 0.180 e. The van der Waals surface area contributed by atoms with Gasteiger partial charge in [-0.1, -0.05) is 109 Å². The Morgan fingerprint density at radius 3 is 2.00 bits per heavy atom. The fourth-order valence-corrected chi connectivity index (χ4v) is 13.7. The van der Waals surface area contributed by atoms with E-state index in [2.05, 4.69) is 150 Å². The van der Waals surface area contributed by atoms with Crippen LogP contribution in [0.2, 0.25) is 0 Å². The topological polar surface area (TPSA) is 41.9 Å². The average Bonchev–Trinajstić information content (AvgIpc) is 3.69. The summed E-state index contributed by atoms with van der Waals surface area (Å²) in [5.74, 6) is 0. The number of furan rings is 1. The number of fused-ring (bicyclic) bond motifs is 9. The number of para-hydroxylation sites is 1. The molecule has 0 spiro atoms. The van der Waals surface area contributed by atoms with Crippen LogP contribution in [-0.2, 0) is 6.42 Å². The van der Waals surface area contributed by atoms with Gasteiger partial charge in [0.25, 0.3) is 0 Å². The molecule has 2 aromatic heterocycles. The third-order valence-corrected chi connectivity index (χ3v) is 15.4. The number of hydrogen-bond donors (Lipinski definition) is 0. The Kier molecular flexibility index (Phi) is 5.72. The normalized spacial score (nSPS) is 13.5. The number of nitriles is 1. The molecule has 9 aromatic rings. The number of hydrogen-bond acceptors (Lipinski definition) is 2. The smallest absolute Gasteiger partial charge is 0.180 e. The van der Waals surface area contributed by atoms with E-state index in [-0.39, 0.29) is 0 Å². The van der Waals surface area contributed by atoms with Crippen molar-refractivity contribution in [3.8, 4) is 11.8 Å². The lowest BCUT2D eigenvalue weighted by molar-refractivity contribution is 0.669. The number of rotatable bonds is 3. The molecule has 0 saturated heterocycles. The summed E-state index contributed by atoms with van der Waals surface area (Å²) in [5, 5.41) is 19.9. The Bertz CT molecular complexity index is 2730. The quantitative estimate of drug-likeness (QED) is 0.187. The highest BCUT2D eigenvalue weighted by molar-refractivity contribution is 7.20. The fraction of sp³-hybridized carbons (Fsp3) is 0.0227. The van der Waals surface area contributed by atoms with E-state index >= 15 is 0 Å².